The van der Waals surface area contributed by atoms with Crippen molar-refractivity contribution in [1.29, 1.82) is 0 Å². The number of aryl methyl sites for hydroxylation is 2. The number of hydrogen-bond acceptors (Lipinski definition) is 4. The molecule has 2 aromatic rings. The van der Waals surface area contributed by atoms with Gasteiger partial charge in [0.25, 0.3) is 5.91 Å². The van der Waals surface area contributed by atoms with Crippen molar-refractivity contribution in [2.45, 2.75) is 61.8 Å². The van der Waals surface area contributed by atoms with E-state index in [0.717, 1.165) is 34.0 Å². The molecule has 4 amide bonds. The van der Waals surface area contributed by atoms with Crippen molar-refractivity contribution in [3.8, 4) is 0 Å². The molecule has 2 aromatic carbocycles. The summed E-state index contributed by atoms with van der Waals surface area (Å²) in [6.45, 7) is 5.91. The minimum Gasteiger partial charge on any atom is -0.325 e. The lowest BCUT2D eigenvalue weighted by atomic mass is 9.73. The van der Waals surface area contributed by atoms with Crippen molar-refractivity contribution in [1.82, 2.24) is 10.2 Å². The van der Waals surface area contributed by atoms with Crippen LogP contribution in [0, 0.1) is 19.8 Å². The van der Waals surface area contributed by atoms with Crippen LogP contribution in [0.1, 0.15) is 43.7 Å². The van der Waals surface area contributed by atoms with Gasteiger partial charge in [-0.1, -0.05) is 37.6 Å². The predicted molar refractivity (Wildman–Crippen MR) is 126 cm³/mol. The molecule has 1 aliphatic heterocycles. The Labute approximate surface area is 193 Å². The highest BCUT2D eigenvalue weighted by Gasteiger charge is 2.55. The van der Waals surface area contributed by atoms with Crippen molar-refractivity contribution >= 4 is 35.3 Å². The molecule has 32 heavy (non-hydrogen) atoms. The molecule has 0 aromatic heterocycles. The van der Waals surface area contributed by atoms with Crippen LogP contribution in [0.5, 0.6) is 0 Å². The van der Waals surface area contributed by atoms with Gasteiger partial charge in [0.1, 0.15) is 12.1 Å². The first kappa shape index (κ1) is 22.4. The topological polar surface area (TPSA) is 78.5 Å². The Balaban J connectivity index is 1.36. The zero-order chi connectivity index (χ0) is 22.9. The van der Waals surface area contributed by atoms with Crippen LogP contribution in [0.25, 0.3) is 0 Å². The van der Waals surface area contributed by atoms with Crippen LogP contribution in [0.15, 0.2) is 52.3 Å². The molecule has 2 N–H and O–H groups in total. The van der Waals surface area contributed by atoms with E-state index in [2.05, 4.69) is 42.7 Å². The summed E-state index contributed by atoms with van der Waals surface area (Å²) < 4.78 is 0. The first-order chi connectivity index (χ1) is 15.3. The Kier molecular flexibility index (Phi) is 6.29. The van der Waals surface area contributed by atoms with Crippen molar-refractivity contribution in [3.05, 3.63) is 53.6 Å². The Morgan fingerprint density at radius 3 is 2.50 bits per heavy atom. The molecule has 2 unspecified atom stereocenters. The molecule has 1 saturated heterocycles. The van der Waals surface area contributed by atoms with E-state index in [4.69, 9.17) is 0 Å². The van der Waals surface area contributed by atoms with Crippen LogP contribution < -0.4 is 10.6 Å². The number of benzene rings is 2. The van der Waals surface area contributed by atoms with Gasteiger partial charge >= 0.3 is 6.03 Å². The zero-order valence-electron chi connectivity index (χ0n) is 18.7. The van der Waals surface area contributed by atoms with E-state index in [0.29, 0.717) is 12.1 Å². The number of imide groups is 1. The van der Waals surface area contributed by atoms with Gasteiger partial charge in [0, 0.05) is 15.5 Å². The lowest BCUT2D eigenvalue weighted by molar-refractivity contribution is -0.136. The van der Waals surface area contributed by atoms with Crippen LogP contribution in [0.2, 0.25) is 0 Å². The van der Waals surface area contributed by atoms with Crippen LogP contribution in [0.3, 0.4) is 0 Å². The maximum atomic E-state index is 13.0. The smallest absolute Gasteiger partial charge is 0.325 e. The normalized spacial score (nSPS) is 22.8. The molecular weight excluding hydrogens is 422 g/mol. The molecule has 4 rings (SSSR count). The van der Waals surface area contributed by atoms with Crippen molar-refractivity contribution in [3.63, 3.8) is 0 Å². The van der Waals surface area contributed by atoms with Gasteiger partial charge in [0.15, 0.2) is 0 Å². The van der Waals surface area contributed by atoms with Gasteiger partial charge in [-0.05, 0) is 80.1 Å². The third-order valence-corrected chi connectivity index (χ3v) is 7.65. The maximum absolute atomic E-state index is 13.0. The first-order valence-electron chi connectivity index (χ1n) is 11.1. The quantitative estimate of drug-likeness (QED) is 0.634. The summed E-state index contributed by atoms with van der Waals surface area (Å²) in [5, 5.41) is 5.68. The SMILES string of the molecule is Cc1ccc(Sc2ccc(NC(=O)CN3C(=O)NC4(CCCCC4C)C3=O)cc2)cc1C. The molecule has 1 spiro atoms. The van der Waals surface area contributed by atoms with Gasteiger partial charge in [0.05, 0.1) is 0 Å². The second-order valence-electron chi connectivity index (χ2n) is 8.86. The number of rotatable bonds is 5. The standard InChI is InChI=1S/C25H29N3O3S/c1-16-7-10-21(14-17(16)2)32-20-11-8-19(9-12-20)26-22(29)15-28-23(30)25(27-24(28)31)13-5-4-6-18(25)3/h7-12,14,18H,4-6,13,15H2,1-3H3,(H,26,29)(H,27,31). The van der Waals surface area contributed by atoms with Crippen molar-refractivity contribution in [2.75, 3.05) is 11.9 Å². The summed E-state index contributed by atoms with van der Waals surface area (Å²) in [4.78, 5) is 41.3. The summed E-state index contributed by atoms with van der Waals surface area (Å²) in [6, 6.07) is 13.5. The van der Waals surface area contributed by atoms with E-state index >= 15 is 0 Å². The Morgan fingerprint density at radius 1 is 1.09 bits per heavy atom. The van der Waals surface area contributed by atoms with Gasteiger partial charge in [-0.15, -0.1) is 0 Å². The highest BCUT2D eigenvalue weighted by molar-refractivity contribution is 7.99. The third-order valence-electron chi connectivity index (χ3n) is 6.66. The van der Waals surface area contributed by atoms with Crippen LogP contribution in [0.4, 0.5) is 10.5 Å². The van der Waals surface area contributed by atoms with E-state index in [1.807, 2.05) is 31.2 Å². The minimum absolute atomic E-state index is 0.0723. The van der Waals surface area contributed by atoms with Crippen molar-refractivity contribution < 1.29 is 14.4 Å². The Hall–Kier alpha value is -2.80. The lowest BCUT2D eigenvalue weighted by Crippen LogP contribution is -2.54. The van der Waals surface area contributed by atoms with Gasteiger partial charge in [-0.25, -0.2) is 4.79 Å². The molecular formula is C25H29N3O3S. The molecule has 2 atom stereocenters. The van der Waals surface area contributed by atoms with Gasteiger partial charge in [-0.3, -0.25) is 14.5 Å². The molecule has 168 valence electrons. The van der Waals surface area contributed by atoms with Gasteiger partial charge < -0.3 is 10.6 Å². The zero-order valence-corrected chi connectivity index (χ0v) is 19.6. The summed E-state index contributed by atoms with van der Waals surface area (Å²) in [6.07, 6.45) is 3.50. The van der Waals surface area contributed by atoms with Crippen LogP contribution in [-0.4, -0.2) is 34.8 Å². The molecule has 7 heteroatoms. The number of amides is 4. The third kappa shape index (κ3) is 4.39. The second kappa shape index (κ2) is 8.98. The number of carbonyl (C=O) groups excluding carboxylic acids is 3. The maximum Gasteiger partial charge on any atom is 0.325 e. The second-order valence-corrected chi connectivity index (χ2v) is 10.0. The number of carbonyl (C=O) groups is 3. The number of hydrogen-bond donors (Lipinski definition) is 2. The first-order valence-corrected chi connectivity index (χ1v) is 11.9. The molecule has 2 aliphatic rings. The number of anilines is 1. The van der Waals surface area contributed by atoms with Crippen LogP contribution >= 0.6 is 11.8 Å². The summed E-state index contributed by atoms with van der Waals surface area (Å²) in [7, 11) is 0. The molecule has 1 saturated carbocycles. The number of urea groups is 1. The van der Waals surface area contributed by atoms with Gasteiger partial charge in [0.2, 0.25) is 5.91 Å². The van der Waals surface area contributed by atoms with E-state index < -0.39 is 11.6 Å². The van der Waals surface area contributed by atoms with E-state index in [1.54, 1.807) is 11.8 Å². The number of nitrogens with one attached hydrogen (secondary N) is 2. The van der Waals surface area contributed by atoms with E-state index in [-0.39, 0.29) is 24.3 Å². The average Bonchev–Trinajstić information content (AvgIpc) is 2.99. The van der Waals surface area contributed by atoms with Crippen LogP contribution in [-0.2, 0) is 9.59 Å². The van der Waals surface area contributed by atoms with Crippen molar-refractivity contribution in [2.24, 2.45) is 5.92 Å². The van der Waals surface area contributed by atoms with E-state index in [9.17, 15) is 14.4 Å². The summed E-state index contributed by atoms with van der Waals surface area (Å²) >= 11 is 1.66. The monoisotopic (exact) mass is 451 g/mol. The fraction of sp³-hybridized carbons (Fsp3) is 0.400. The predicted octanol–water partition coefficient (Wildman–Crippen LogP) is 4.89. The lowest BCUT2D eigenvalue weighted by Gasteiger charge is -2.36. The molecule has 2 fully saturated rings. The highest BCUT2D eigenvalue weighted by atomic mass is 32.2. The molecule has 0 bridgehead atoms. The van der Waals surface area contributed by atoms with E-state index in [1.165, 1.54) is 11.1 Å². The average molecular weight is 452 g/mol. The fourth-order valence-electron chi connectivity index (χ4n) is 4.50. The number of nitrogens with zero attached hydrogens (tertiary/aromatic N) is 1. The minimum atomic E-state index is -0.844. The highest BCUT2D eigenvalue weighted by Crippen LogP contribution is 2.38. The Bertz CT molecular complexity index is 1050. The summed E-state index contributed by atoms with van der Waals surface area (Å²) in [5.41, 5.74) is 2.31. The molecule has 6 nitrogen and oxygen atoms in total. The summed E-state index contributed by atoms with van der Waals surface area (Å²) in [5.74, 6) is -0.586. The molecule has 1 heterocycles. The molecule has 0 radical (unpaired) electrons. The van der Waals surface area contributed by atoms with Gasteiger partial charge in [-0.2, -0.15) is 0 Å². The fourth-order valence-corrected chi connectivity index (χ4v) is 5.42. The molecule has 1 aliphatic carbocycles. The Morgan fingerprint density at radius 2 is 1.81 bits per heavy atom. The largest absolute Gasteiger partial charge is 0.325 e.